The molecule has 7 rings (SSSR count). The molecule has 0 atom stereocenters. The van der Waals surface area contributed by atoms with E-state index in [2.05, 4.69) is 95.4 Å². The van der Waals surface area contributed by atoms with E-state index >= 15 is 0 Å². The van der Waals surface area contributed by atoms with Gasteiger partial charge in [0.15, 0.2) is 0 Å². The smallest absolute Gasteiger partial charge is 0.0626 e. The van der Waals surface area contributed by atoms with Crippen molar-refractivity contribution in [2.45, 2.75) is 0 Å². The molecule has 1 nitrogen and oxygen atoms in total. The Hall–Kier alpha value is -3.58. The van der Waals surface area contributed by atoms with Crippen molar-refractivity contribution in [2.75, 3.05) is 0 Å². The van der Waals surface area contributed by atoms with Gasteiger partial charge in [0.05, 0.1) is 16.6 Å². The zero-order valence-corrected chi connectivity index (χ0v) is 14.6. The molecule has 5 aromatic carbocycles. The van der Waals surface area contributed by atoms with Crippen LogP contribution in [0.25, 0.3) is 59.6 Å². The maximum Gasteiger partial charge on any atom is 0.0626 e. The van der Waals surface area contributed by atoms with E-state index in [1.807, 2.05) is 0 Å². The second-order valence-electron chi connectivity index (χ2n) is 7.37. The standard InChI is InChI=1S/C26H15N/c1-3-11-19-16(8-1)17-9-2-4-12-20(17)26-24(19)22-14-7-13-21-18-10-5-6-15-23(18)27(26)25(21)22/h1-15H. The van der Waals surface area contributed by atoms with E-state index in [9.17, 15) is 0 Å². The molecule has 0 aliphatic carbocycles. The highest BCUT2D eigenvalue weighted by Crippen LogP contribution is 2.44. The van der Waals surface area contributed by atoms with Crippen molar-refractivity contribution in [2.24, 2.45) is 0 Å². The summed E-state index contributed by atoms with van der Waals surface area (Å²) in [4.78, 5) is 0. The van der Waals surface area contributed by atoms with Gasteiger partial charge in [-0.3, -0.25) is 0 Å². The first kappa shape index (κ1) is 13.6. The van der Waals surface area contributed by atoms with Gasteiger partial charge in [-0.15, -0.1) is 0 Å². The molecule has 2 aromatic heterocycles. The maximum atomic E-state index is 2.49. The summed E-state index contributed by atoms with van der Waals surface area (Å²) in [6, 6.07) is 33.2. The highest BCUT2D eigenvalue weighted by molar-refractivity contribution is 6.35. The molecule has 0 amide bonds. The third-order valence-electron chi connectivity index (χ3n) is 6.09. The third-order valence-corrected chi connectivity index (χ3v) is 6.09. The lowest BCUT2D eigenvalue weighted by molar-refractivity contribution is 1.38. The number of benzene rings is 5. The Balaban J connectivity index is 2.00. The molecule has 7 aromatic rings. The Kier molecular flexibility index (Phi) is 2.30. The summed E-state index contributed by atoms with van der Waals surface area (Å²) in [6.07, 6.45) is 0. The molecular weight excluding hydrogens is 326 g/mol. The van der Waals surface area contributed by atoms with Gasteiger partial charge in [0.25, 0.3) is 0 Å². The number of rotatable bonds is 0. The van der Waals surface area contributed by atoms with E-state index in [1.54, 1.807) is 0 Å². The lowest BCUT2D eigenvalue weighted by Gasteiger charge is -2.08. The fourth-order valence-corrected chi connectivity index (χ4v) is 5.08. The van der Waals surface area contributed by atoms with Crippen LogP contribution in [-0.4, -0.2) is 4.40 Å². The van der Waals surface area contributed by atoms with Crippen LogP contribution in [-0.2, 0) is 0 Å². The predicted octanol–water partition coefficient (Wildman–Crippen LogP) is 7.14. The zero-order valence-electron chi connectivity index (χ0n) is 14.6. The van der Waals surface area contributed by atoms with Gasteiger partial charge in [-0.25, -0.2) is 0 Å². The number of hydrogen-bond acceptors (Lipinski definition) is 0. The molecule has 1 heteroatoms. The highest BCUT2D eigenvalue weighted by Gasteiger charge is 2.20. The second-order valence-corrected chi connectivity index (χ2v) is 7.37. The SMILES string of the molecule is c1ccc2c(c1)c1ccccc1c1c2c2cccc3c4ccccc4n1c32. The molecule has 0 spiro atoms. The molecule has 0 saturated carbocycles. The van der Waals surface area contributed by atoms with Crippen LogP contribution in [0.2, 0.25) is 0 Å². The summed E-state index contributed by atoms with van der Waals surface area (Å²) >= 11 is 0. The van der Waals surface area contributed by atoms with Crippen LogP contribution in [0, 0.1) is 0 Å². The number of para-hydroxylation sites is 2. The average molecular weight is 341 g/mol. The van der Waals surface area contributed by atoms with E-state index in [-0.39, 0.29) is 0 Å². The van der Waals surface area contributed by atoms with Crippen molar-refractivity contribution in [3.8, 4) is 0 Å². The summed E-state index contributed by atoms with van der Waals surface area (Å²) in [7, 11) is 0. The van der Waals surface area contributed by atoms with Crippen LogP contribution in [0.4, 0.5) is 0 Å². The molecule has 0 saturated heterocycles. The molecule has 2 heterocycles. The van der Waals surface area contributed by atoms with Crippen molar-refractivity contribution in [1.29, 1.82) is 0 Å². The van der Waals surface area contributed by atoms with Crippen molar-refractivity contribution in [3.05, 3.63) is 91.0 Å². The highest BCUT2D eigenvalue weighted by atomic mass is 14.9. The Labute approximate surface area is 155 Å². The van der Waals surface area contributed by atoms with Crippen molar-refractivity contribution >= 4 is 59.6 Å². The van der Waals surface area contributed by atoms with Crippen LogP contribution in [0.1, 0.15) is 0 Å². The molecule has 0 bridgehead atoms. The molecule has 0 radical (unpaired) electrons. The van der Waals surface area contributed by atoms with Gasteiger partial charge in [0, 0.05) is 26.9 Å². The Morgan fingerprint density at radius 1 is 0.370 bits per heavy atom. The van der Waals surface area contributed by atoms with Crippen LogP contribution in [0.3, 0.4) is 0 Å². The molecule has 0 unspecified atom stereocenters. The minimum Gasteiger partial charge on any atom is -0.307 e. The van der Waals surface area contributed by atoms with Crippen molar-refractivity contribution < 1.29 is 0 Å². The summed E-state index contributed by atoms with van der Waals surface area (Å²) in [5.74, 6) is 0. The molecule has 0 aliphatic rings. The van der Waals surface area contributed by atoms with Gasteiger partial charge in [0.2, 0.25) is 0 Å². The number of nitrogens with zero attached hydrogens (tertiary/aromatic N) is 1. The van der Waals surface area contributed by atoms with Gasteiger partial charge < -0.3 is 4.40 Å². The average Bonchev–Trinajstić information content (AvgIpc) is 3.26. The van der Waals surface area contributed by atoms with Crippen LogP contribution < -0.4 is 0 Å². The Morgan fingerprint density at radius 2 is 0.889 bits per heavy atom. The van der Waals surface area contributed by atoms with Gasteiger partial charge in [-0.05, 0) is 22.2 Å². The van der Waals surface area contributed by atoms with Crippen LogP contribution >= 0.6 is 0 Å². The largest absolute Gasteiger partial charge is 0.307 e. The number of hydrogen-bond donors (Lipinski definition) is 0. The quantitative estimate of drug-likeness (QED) is 0.258. The van der Waals surface area contributed by atoms with Gasteiger partial charge >= 0.3 is 0 Å². The van der Waals surface area contributed by atoms with Crippen LogP contribution in [0.5, 0.6) is 0 Å². The summed E-state index contributed by atoms with van der Waals surface area (Å²) in [5.41, 5.74) is 3.96. The summed E-state index contributed by atoms with van der Waals surface area (Å²) in [5, 5.41) is 10.7. The minimum atomic E-state index is 1.29. The van der Waals surface area contributed by atoms with Gasteiger partial charge in [-0.2, -0.15) is 0 Å². The van der Waals surface area contributed by atoms with E-state index in [0.29, 0.717) is 0 Å². The second kappa shape index (κ2) is 4.57. The third kappa shape index (κ3) is 1.48. The first-order valence-electron chi connectivity index (χ1n) is 9.40. The first-order chi connectivity index (χ1) is 13.4. The summed E-state index contributed by atoms with van der Waals surface area (Å²) in [6.45, 7) is 0. The molecule has 0 fully saturated rings. The van der Waals surface area contributed by atoms with Crippen molar-refractivity contribution in [1.82, 2.24) is 4.40 Å². The molecule has 124 valence electrons. The fraction of sp³-hybridized carbons (Fsp3) is 0. The first-order valence-corrected chi connectivity index (χ1v) is 9.40. The lowest BCUT2D eigenvalue weighted by atomic mass is 9.96. The predicted molar refractivity (Wildman–Crippen MR) is 116 cm³/mol. The van der Waals surface area contributed by atoms with Crippen molar-refractivity contribution in [3.63, 3.8) is 0 Å². The van der Waals surface area contributed by atoms with E-state index < -0.39 is 0 Å². The van der Waals surface area contributed by atoms with E-state index in [0.717, 1.165) is 0 Å². The molecule has 0 N–H and O–H groups in total. The Morgan fingerprint density at radius 3 is 1.70 bits per heavy atom. The van der Waals surface area contributed by atoms with Crippen LogP contribution in [0.15, 0.2) is 91.0 Å². The normalized spacial score (nSPS) is 12.4. The Bertz CT molecular complexity index is 1660. The zero-order chi connectivity index (χ0) is 17.5. The number of fused-ring (bicyclic) bond motifs is 11. The topological polar surface area (TPSA) is 4.41 Å². The van der Waals surface area contributed by atoms with E-state index in [4.69, 9.17) is 0 Å². The van der Waals surface area contributed by atoms with Gasteiger partial charge in [-0.1, -0.05) is 84.9 Å². The molecule has 27 heavy (non-hydrogen) atoms. The summed E-state index contributed by atoms with van der Waals surface area (Å²) < 4.78 is 2.49. The fourth-order valence-electron chi connectivity index (χ4n) is 5.08. The maximum absolute atomic E-state index is 2.49. The monoisotopic (exact) mass is 341 g/mol. The minimum absolute atomic E-state index is 1.29. The van der Waals surface area contributed by atoms with Gasteiger partial charge in [0.1, 0.15) is 0 Å². The van der Waals surface area contributed by atoms with E-state index in [1.165, 1.54) is 59.6 Å². The number of aromatic nitrogens is 1. The lowest BCUT2D eigenvalue weighted by Crippen LogP contribution is -1.85. The molecule has 0 aliphatic heterocycles. The molecular formula is C26H15N.